The van der Waals surface area contributed by atoms with Gasteiger partial charge in [0.15, 0.2) is 6.29 Å². The normalized spacial score (nSPS) is 10.4. The monoisotopic (exact) mass is 254 g/mol. The number of anilines is 1. The molecule has 0 heterocycles. The molecular weight excluding hydrogens is 240 g/mol. The molecule has 4 nitrogen and oxygen atoms in total. The lowest BCUT2D eigenvalue weighted by Crippen LogP contribution is -2.39. The van der Waals surface area contributed by atoms with Crippen molar-refractivity contribution in [3.05, 3.63) is 28.8 Å². The summed E-state index contributed by atoms with van der Waals surface area (Å²) >= 11 is 6.08. The number of primary amides is 1. The number of halogens is 1. The highest BCUT2D eigenvalue weighted by Crippen LogP contribution is 2.30. The summed E-state index contributed by atoms with van der Waals surface area (Å²) < 4.78 is 0. The van der Waals surface area contributed by atoms with E-state index in [1.807, 2.05) is 13.8 Å². The first-order valence-electron chi connectivity index (χ1n) is 5.26. The first kappa shape index (κ1) is 13.5. The van der Waals surface area contributed by atoms with Gasteiger partial charge in [-0.2, -0.15) is 0 Å². The minimum atomic E-state index is -0.463. The average molecular weight is 255 g/mol. The number of hydrogen-bond acceptors (Lipinski definition) is 3. The number of carbonyl (C=O) groups is 2. The molecule has 2 N–H and O–H groups in total. The lowest BCUT2D eigenvalue weighted by atomic mass is 10.1. The number of rotatable bonds is 5. The summed E-state index contributed by atoms with van der Waals surface area (Å²) in [5, 5.41) is 0.435. The molecule has 0 bridgehead atoms. The maximum atomic E-state index is 11.0. The topological polar surface area (TPSA) is 63.4 Å². The van der Waals surface area contributed by atoms with Gasteiger partial charge in [-0.15, -0.1) is 0 Å². The van der Waals surface area contributed by atoms with Gasteiger partial charge in [0.2, 0.25) is 5.91 Å². The number of para-hydroxylation sites is 1. The zero-order valence-electron chi connectivity index (χ0n) is 9.81. The Bertz CT molecular complexity index is 433. The van der Waals surface area contributed by atoms with Gasteiger partial charge in [-0.3, -0.25) is 9.59 Å². The van der Waals surface area contributed by atoms with Gasteiger partial charge in [0, 0.05) is 11.6 Å². The Morgan fingerprint density at radius 1 is 1.53 bits per heavy atom. The molecule has 0 saturated heterocycles. The first-order valence-corrected chi connectivity index (χ1v) is 5.63. The lowest BCUT2D eigenvalue weighted by molar-refractivity contribution is -0.116. The molecule has 1 amide bonds. The molecule has 92 valence electrons. The number of aldehydes is 1. The van der Waals surface area contributed by atoms with Crippen molar-refractivity contribution in [3.63, 3.8) is 0 Å². The molecule has 0 fully saturated rings. The first-order chi connectivity index (χ1) is 7.97. The second-order valence-corrected chi connectivity index (χ2v) is 4.39. The minimum absolute atomic E-state index is 0.0149. The van der Waals surface area contributed by atoms with E-state index >= 15 is 0 Å². The molecule has 0 radical (unpaired) electrons. The van der Waals surface area contributed by atoms with Crippen LogP contribution in [0.5, 0.6) is 0 Å². The molecule has 0 saturated carbocycles. The Hall–Kier alpha value is -1.55. The van der Waals surface area contributed by atoms with Crippen LogP contribution in [0.3, 0.4) is 0 Å². The zero-order valence-corrected chi connectivity index (χ0v) is 10.6. The van der Waals surface area contributed by atoms with Crippen molar-refractivity contribution in [1.29, 1.82) is 0 Å². The van der Waals surface area contributed by atoms with E-state index in [0.717, 1.165) is 6.29 Å². The van der Waals surface area contributed by atoms with Crippen molar-refractivity contribution >= 4 is 29.5 Å². The Kier molecular flexibility index (Phi) is 4.52. The average Bonchev–Trinajstić information content (AvgIpc) is 2.25. The maximum Gasteiger partial charge on any atom is 0.236 e. The summed E-state index contributed by atoms with van der Waals surface area (Å²) in [7, 11) is 0. The van der Waals surface area contributed by atoms with Gasteiger partial charge in [0.1, 0.15) is 0 Å². The largest absolute Gasteiger partial charge is 0.368 e. The SMILES string of the molecule is CC(C)N(CC(N)=O)c1c(Cl)cccc1C=O. The van der Waals surface area contributed by atoms with Crippen LogP contribution in [0.25, 0.3) is 0 Å². The van der Waals surface area contributed by atoms with Crippen molar-refractivity contribution in [2.75, 3.05) is 11.4 Å². The quantitative estimate of drug-likeness (QED) is 0.816. The van der Waals surface area contributed by atoms with Crippen molar-refractivity contribution < 1.29 is 9.59 Å². The van der Waals surface area contributed by atoms with E-state index in [4.69, 9.17) is 17.3 Å². The second-order valence-electron chi connectivity index (χ2n) is 3.98. The number of nitrogens with two attached hydrogens (primary N) is 1. The van der Waals surface area contributed by atoms with E-state index in [2.05, 4.69) is 0 Å². The van der Waals surface area contributed by atoms with E-state index in [1.165, 1.54) is 0 Å². The van der Waals surface area contributed by atoms with Crippen molar-refractivity contribution in [3.8, 4) is 0 Å². The predicted octanol–water partition coefficient (Wildman–Crippen LogP) is 1.85. The second kappa shape index (κ2) is 5.68. The van der Waals surface area contributed by atoms with Crippen LogP contribution in [-0.2, 0) is 4.79 Å². The summed E-state index contributed by atoms with van der Waals surface area (Å²) in [5.41, 5.74) is 6.20. The predicted molar refractivity (Wildman–Crippen MR) is 68.5 cm³/mol. The highest BCUT2D eigenvalue weighted by atomic mass is 35.5. The van der Waals surface area contributed by atoms with Crippen molar-refractivity contribution in [2.24, 2.45) is 5.73 Å². The molecule has 1 aromatic carbocycles. The molecule has 0 aliphatic heterocycles. The molecule has 0 aliphatic rings. The fourth-order valence-electron chi connectivity index (χ4n) is 1.62. The molecule has 5 heteroatoms. The van der Waals surface area contributed by atoms with Gasteiger partial charge in [-0.1, -0.05) is 17.7 Å². The third kappa shape index (κ3) is 3.20. The summed E-state index contributed by atoms with van der Waals surface area (Å²) in [6, 6.07) is 5.05. The van der Waals surface area contributed by atoms with E-state index in [-0.39, 0.29) is 12.6 Å². The van der Waals surface area contributed by atoms with Crippen molar-refractivity contribution in [2.45, 2.75) is 19.9 Å². The summed E-state index contributed by atoms with van der Waals surface area (Å²) in [5.74, 6) is -0.463. The molecule has 0 aromatic heterocycles. The third-order valence-electron chi connectivity index (χ3n) is 2.38. The number of hydrogen-bond donors (Lipinski definition) is 1. The Labute approximate surface area is 105 Å². The van der Waals surface area contributed by atoms with Gasteiger partial charge < -0.3 is 10.6 Å². The number of carbonyl (C=O) groups excluding carboxylic acids is 2. The molecule has 0 aliphatic carbocycles. The van der Waals surface area contributed by atoms with Crippen LogP contribution in [0.15, 0.2) is 18.2 Å². The van der Waals surface area contributed by atoms with Gasteiger partial charge in [-0.05, 0) is 26.0 Å². The summed E-state index contributed by atoms with van der Waals surface area (Å²) in [6.07, 6.45) is 0.720. The molecule has 1 aromatic rings. The van der Waals surface area contributed by atoms with Gasteiger partial charge in [-0.25, -0.2) is 0 Å². The summed E-state index contributed by atoms with van der Waals surface area (Å²) in [6.45, 7) is 3.84. The standard InChI is InChI=1S/C12H15ClN2O2/c1-8(2)15(6-11(14)17)12-9(7-16)4-3-5-10(12)13/h3-5,7-8H,6H2,1-2H3,(H2,14,17). The fourth-order valence-corrected chi connectivity index (χ4v) is 1.91. The Balaban J connectivity index is 3.26. The van der Waals surface area contributed by atoms with Gasteiger partial charge >= 0.3 is 0 Å². The highest BCUT2D eigenvalue weighted by molar-refractivity contribution is 6.34. The molecule has 0 unspecified atom stereocenters. The lowest BCUT2D eigenvalue weighted by Gasteiger charge is -2.29. The van der Waals surface area contributed by atoms with Crippen LogP contribution in [0.1, 0.15) is 24.2 Å². The van der Waals surface area contributed by atoms with Crippen LogP contribution < -0.4 is 10.6 Å². The van der Waals surface area contributed by atoms with E-state index in [1.54, 1.807) is 23.1 Å². The van der Waals surface area contributed by atoms with Crippen LogP contribution in [-0.4, -0.2) is 24.8 Å². The molecular formula is C12H15ClN2O2. The van der Waals surface area contributed by atoms with E-state index in [0.29, 0.717) is 16.3 Å². The number of amides is 1. The number of nitrogens with zero attached hydrogens (tertiary/aromatic N) is 1. The number of benzene rings is 1. The minimum Gasteiger partial charge on any atom is -0.368 e. The molecule has 17 heavy (non-hydrogen) atoms. The fraction of sp³-hybridized carbons (Fsp3) is 0.333. The van der Waals surface area contributed by atoms with Crippen LogP contribution in [0, 0.1) is 0 Å². The molecule has 0 atom stereocenters. The Morgan fingerprint density at radius 3 is 2.65 bits per heavy atom. The maximum absolute atomic E-state index is 11.0. The Morgan fingerprint density at radius 2 is 2.18 bits per heavy atom. The summed E-state index contributed by atoms with van der Waals surface area (Å²) in [4.78, 5) is 23.8. The van der Waals surface area contributed by atoms with E-state index in [9.17, 15) is 9.59 Å². The zero-order chi connectivity index (χ0) is 13.0. The van der Waals surface area contributed by atoms with Gasteiger partial charge in [0.25, 0.3) is 0 Å². The molecule has 1 rings (SSSR count). The van der Waals surface area contributed by atoms with Crippen LogP contribution >= 0.6 is 11.6 Å². The smallest absolute Gasteiger partial charge is 0.236 e. The van der Waals surface area contributed by atoms with E-state index < -0.39 is 5.91 Å². The van der Waals surface area contributed by atoms with Crippen molar-refractivity contribution in [1.82, 2.24) is 0 Å². The van der Waals surface area contributed by atoms with Gasteiger partial charge in [0.05, 0.1) is 17.3 Å². The van der Waals surface area contributed by atoms with Crippen LogP contribution in [0.2, 0.25) is 5.02 Å². The highest BCUT2D eigenvalue weighted by Gasteiger charge is 2.19. The van der Waals surface area contributed by atoms with Crippen LogP contribution in [0.4, 0.5) is 5.69 Å². The molecule has 0 spiro atoms. The third-order valence-corrected chi connectivity index (χ3v) is 2.69.